The Hall–Kier alpha value is -0.0400. The lowest BCUT2D eigenvalue weighted by molar-refractivity contribution is 0.116. The van der Waals surface area contributed by atoms with E-state index in [9.17, 15) is 5.11 Å². The SMILES string of the molecule is CCCCCCCCCCCCCCCCCCCCCCCCCC[C@@](C)(CO)CCCCCCCCCCCCCCCCCCCCCCCC. The first-order valence-electron chi connectivity index (χ1n) is 26.3. The molecule has 326 valence electrons. The van der Waals surface area contributed by atoms with Crippen LogP contribution >= 0.6 is 0 Å². The Balaban J connectivity index is 3.32. The van der Waals surface area contributed by atoms with Gasteiger partial charge in [0.2, 0.25) is 0 Å². The Bertz CT molecular complexity index is 643. The fraction of sp³-hybridized carbons (Fsp3) is 1.00. The van der Waals surface area contributed by atoms with Crippen molar-refractivity contribution < 1.29 is 5.11 Å². The molecular weight excluding hydrogens is 653 g/mol. The molecule has 0 heterocycles. The summed E-state index contributed by atoms with van der Waals surface area (Å²) in [7, 11) is 0. The zero-order valence-electron chi connectivity index (χ0n) is 38.6. The summed E-state index contributed by atoms with van der Waals surface area (Å²) >= 11 is 0. The molecule has 0 aliphatic heterocycles. The molecule has 54 heavy (non-hydrogen) atoms. The lowest BCUT2D eigenvalue weighted by Gasteiger charge is -2.27. The van der Waals surface area contributed by atoms with Crippen LogP contribution in [0, 0.1) is 5.41 Å². The number of hydrogen-bond acceptors (Lipinski definition) is 1. The number of hydrogen-bond donors (Lipinski definition) is 1. The highest BCUT2D eigenvalue weighted by atomic mass is 16.3. The summed E-state index contributed by atoms with van der Waals surface area (Å²) < 4.78 is 0. The Labute approximate surface area is 345 Å². The van der Waals surface area contributed by atoms with E-state index in [1.165, 1.54) is 308 Å². The maximum Gasteiger partial charge on any atom is 0.0484 e. The highest BCUT2D eigenvalue weighted by Crippen LogP contribution is 2.31. The average Bonchev–Trinajstić information content (AvgIpc) is 3.18. The van der Waals surface area contributed by atoms with E-state index < -0.39 is 0 Å². The Kier molecular flexibility index (Phi) is 47.3. The minimum absolute atomic E-state index is 0.167. The van der Waals surface area contributed by atoms with E-state index in [1.807, 2.05) is 0 Å². The van der Waals surface area contributed by atoms with Crippen LogP contribution < -0.4 is 0 Å². The van der Waals surface area contributed by atoms with Crippen LogP contribution in [0.15, 0.2) is 0 Å². The van der Waals surface area contributed by atoms with Crippen molar-refractivity contribution in [1.82, 2.24) is 0 Å². The summed E-state index contributed by atoms with van der Waals surface area (Å²) in [6.45, 7) is 7.35. The van der Waals surface area contributed by atoms with Gasteiger partial charge in [0.25, 0.3) is 0 Å². The van der Waals surface area contributed by atoms with E-state index in [2.05, 4.69) is 20.8 Å². The molecule has 0 unspecified atom stereocenters. The van der Waals surface area contributed by atoms with Gasteiger partial charge in [-0.05, 0) is 18.3 Å². The summed E-state index contributed by atoms with van der Waals surface area (Å²) in [6.07, 6.45) is 69.1. The van der Waals surface area contributed by atoms with Crippen molar-refractivity contribution in [3.63, 3.8) is 0 Å². The highest BCUT2D eigenvalue weighted by molar-refractivity contribution is 4.73. The fourth-order valence-electron chi connectivity index (χ4n) is 8.96. The van der Waals surface area contributed by atoms with E-state index in [0.29, 0.717) is 6.61 Å². The first-order chi connectivity index (χ1) is 26.7. The maximum atomic E-state index is 10.1. The van der Waals surface area contributed by atoms with Crippen molar-refractivity contribution in [1.29, 1.82) is 0 Å². The van der Waals surface area contributed by atoms with Crippen LogP contribution in [0.25, 0.3) is 0 Å². The van der Waals surface area contributed by atoms with Crippen LogP contribution in [0.5, 0.6) is 0 Å². The number of aliphatic hydroxyl groups excluding tert-OH is 1. The van der Waals surface area contributed by atoms with E-state index in [1.54, 1.807) is 0 Å². The molecule has 1 heteroatoms. The molecule has 0 aliphatic carbocycles. The topological polar surface area (TPSA) is 20.2 Å². The first-order valence-corrected chi connectivity index (χ1v) is 26.3. The molecule has 0 aromatic carbocycles. The molecule has 0 rings (SSSR count). The monoisotopic (exact) mass is 761 g/mol. The van der Waals surface area contributed by atoms with Crippen molar-refractivity contribution in [3.05, 3.63) is 0 Å². The lowest BCUT2D eigenvalue weighted by atomic mass is 9.80. The zero-order valence-corrected chi connectivity index (χ0v) is 38.6. The summed E-state index contributed by atoms with van der Waals surface area (Å²) in [5, 5.41) is 10.1. The van der Waals surface area contributed by atoms with E-state index in [4.69, 9.17) is 0 Å². The number of rotatable bonds is 49. The molecule has 0 saturated heterocycles. The van der Waals surface area contributed by atoms with Gasteiger partial charge in [-0.1, -0.05) is 316 Å². The van der Waals surface area contributed by atoms with Crippen molar-refractivity contribution in [2.24, 2.45) is 5.41 Å². The summed E-state index contributed by atoms with van der Waals surface area (Å²) in [6, 6.07) is 0. The molecule has 0 bridgehead atoms. The molecule has 0 saturated carbocycles. The molecular formula is C53H108O. The Morgan fingerprint density at radius 2 is 0.352 bits per heavy atom. The van der Waals surface area contributed by atoms with Crippen molar-refractivity contribution in [2.75, 3.05) is 6.61 Å². The van der Waals surface area contributed by atoms with Gasteiger partial charge >= 0.3 is 0 Å². The van der Waals surface area contributed by atoms with Gasteiger partial charge in [-0.15, -0.1) is 0 Å². The van der Waals surface area contributed by atoms with Gasteiger partial charge in [-0.2, -0.15) is 0 Å². The largest absolute Gasteiger partial charge is 0.396 e. The van der Waals surface area contributed by atoms with Crippen LogP contribution in [0.2, 0.25) is 0 Å². The van der Waals surface area contributed by atoms with Crippen LogP contribution in [0.1, 0.15) is 329 Å². The molecule has 0 aromatic rings. The minimum atomic E-state index is 0.167. The predicted octanol–water partition coefficient (Wildman–Crippen LogP) is 19.7. The fourth-order valence-corrected chi connectivity index (χ4v) is 8.96. The third kappa shape index (κ3) is 44.7. The summed E-state index contributed by atoms with van der Waals surface area (Å²) in [4.78, 5) is 0. The number of unbranched alkanes of at least 4 members (excludes halogenated alkanes) is 44. The second-order valence-electron chi connectivity index (χ2n) is 19.0. The average molecular weight is 761 g/mol. The molecule has 0 aromatic heterocycles. The van der Waals surface area contributed by atoms with Gasteiger partial charge in [0.1, 0.15) is 0 Å². The van der Waals surface area contributed by atoms with E-state index >= 15 is 0 Å². The third-order valence-electron chi connectivity index (χ3n) is 13.1. The van der Waals surface area contributed by atoms with Crippen LogP contribution in [-0.2, 0) is 0 Å². The normalized spacial score (nSPS) is 12.9. The molecule has 0 amide bonds. The number of aliphatic hydroxyl groups is 1. The van der Waals surface area contributed by atoms with Crippen LogP contribution in [0.4, 0.5) is 0 Å². The molecule has 0 fully saturated rings. The second-order valence-corrected chi connectivity index (χ2v) is 19.0. The van der Waals surface area contributed by atoms with E-state index in [0.717, 1.165) is 0 Å². The van der Waals surface area contributed by atoms with Gasteiger partial charge in [0.05, 0.1) is 0 Å². The van der Waals surface area contributed by atoms with Crippen molar-refractivity contribution in [3.8, 4) is 0 Å². The quantitative estimate of drug-likeness (QED) is 0.0612. The lowest BCUT2D eigenvalue weighted by Crippen LogP contribution is -2.21. The first kappa shape index (κ1) is 54.0. The van der Waals surface area contributed by atoms with Gasteiger partial charge in [0.15, 0.2) is 0 Å². The summed E-state index contributed by atoms with van der Waals surface area (Å²) in [5.74, 6) is 0. The van der Waals surface area contributed by atoms with Gasteiger partial charge in [0, 0.05) is 6.61 Å². The third-order valence-corrected chi connectivity index (χ3v) is 13.1. The predicted molar refractivity (Wildman–Crippen MR) is 248 cm³/mol. The molecule has 0 spiro atoms. The second kappa shape index (κ2) is 47.3. The van der Waals surface area contributed by atoms with Crippen molar-refractivity contribution in [2.45, 2.75) is 329 Å². The molecule has 1 atom stereocenters. The molecule has 0 aliphatic rings. The summed E-state index contributed by atoms with van der Waals surface area (Å²) in [5.41, 5.74) is 0.167. The smallest absolute Gasteiger partial charge is 0.0484 e. The van der Waals surface area contributed by atoms with Crippen molar-refractivity contribution >= 4 is 0 Å². The Morgan fingerprint density at radius 1 is 0.222 bits per heavy atom. The molecule has 1 N–H and O–H groups in total. The van der Waals surface area contributed by atoms with Crippen LogP contribution in [-0.4, -0.2) is 11.7 Å². The molecule has 0 radical (unpaired) electrons. The van der Waals surface area contributed by atoms with Gasteiger partial charge < -0.3 is 5.11 Å². The van der Waals surface area contributed by atoms with Gasteiger partial charge in [-0.3, -0.25) is 0 Å². The maximum absolute atomic E-state index is 10.1. The van der Waals surface area contributed by atoms with Crippen LogP contribution in [0.3, 0.4) is 0 Å². The standard InChI is InChI=1S/C53H108O/c1-4-6-8-10-12-14-16-18-20-22-24-26-28-29-31-33-35-37-39-41-43-45-47-49-51-53(3,52-54)50-48-46-44-42-40-38-36-34-32-30-27-25-23-21-19-17-15-13-11-9-7-5-2/h54H,4-52H2,1-3H3/t53-/m0/s1. The van der Waals surface area contributed by atoms with Gasteiger partial charge in [-0.25, -0.2) is 0 Å². The molecule has 1 nitrogen and oxygen atoms in total. The Morgan fingerprint density at radius 3 is 0.481 bits per heavy atom. The van der Waals surface area contributed by atoms with E-state index in [-0.39, 0.29) is 5.41 Å². The highest BCUT2D eigenvalue weighted by Gasteiger charge is 2.22. The zero-order chi connectivity index (χ0) is 39.1. The minimum Gasteiger partial charge on any atom is -0.396 e.